The van der Waals surface area contributed by atoms with Crippen LogP contribution in [-0.4, -0.2) is 63.2 Å². The summed E-state index contributed by atoms with van der Waals surface area (Å²) < 4.78 is 65.6. The van der Waals surface area contributed by atoms with Crippen LogP contribution in [0.15, 0.2) is 10.4 Å². The van der Waals surface area contributed by atoms with Crippen LogP contribution in [0, 0.1) is 6.92 Å². The Morgan fingerprint density at radius 1 is 1.45 bits per heavy atom. The second kappa shape index (κ2) is 6.79. The Morgan fingerprint density at radius 2 is 2.09 bits per heavy atom. The molecule has 1 saturated heterocycles. The zero-order chi connectivity index (χ0) is 16.4. The van der Waals surface area contributed by atoms with Crippen molar-refractivity contribution in [3.63, 3.8) is 0 Å². The largest absolute Gasteiger partial charge is 0.405 e. The van der Waals surface area contributed by atoms with Crippen molar-refractivity contribution in [3.05, 3.63) is 11.2 Å². The third-order valence-corrected chi connectivity index (χ3v) is 6.10. The molecule has 126 valence electrons. The molecule has 0 saturated carbocycles. The first-order chi connectivity index (χ1) is 10.2. The maximum Gasteiger partial charge on any atom is 0.405 e. The van der Waals surface area contributed by atoms with E-state index in [2.05, 4.69) is 15.0 Å². The second-order valence-corrected chi connectivity index (χ2v) is 8.12. The van der Waals surface area contributed by atoms with Crippen LogP contribution in [0.5, 0.6) is 0 Å². The van der Waals surface area contributed by atoms with Crippen molar-refractivity contribution >= 4 is 21.4 Å². The fraction of sp³-hybridized carbons (Fsp3) is 0.727. The lowest BCUT2D eigenvalue weighted by molar-refractivity contribution is -0.182. The SMILES string of the molecule is Cc1ncc(S(=O)(=O)NCC(N2CCNCC2)C(F)(F)F)s1. The lowest BCUT2D eigenvalue weighted by Gasteiger charge is -2.35. The fourth-order valence-corrected chi connectivity index (χ4v) is 4.36. The number of piperazine rings is 1. The third kappa shape index (κ3) is 4.38. The molecule has 1 aromatic heterocycles. The van der Waals surface area contributed by atoms with Crippen molar-refractivity contribution in [2.45, 2.75) is 23.4 Å². The molecule has 22 heavy (non-hydrogen) atoms. The standard InChI is InChI=1S/C11H17F3N4O2S2/c1-8-16-7-10(21-8)22(19,20)17-6-9(11(12,13)14)18-4-2-15-3-5-18/h7,9,15,17H,2-6H2,1H3. The van der Waals surface area contributed by atoms with Crippen molar-refractivity contribution < 1.29 is 21.6 Å². The lowest BCUT2D eigenvalue weighted by atomic mass is 10.2. The van der Waals surface area contributed by atoms with Crippen LogP contribution in [0.3, 0.4) is 0 Å². The normalized spacial score (nSPS) is 19.3. The molecule has 2 rings (SSSR count). The van der Waals surface area contributed by atoms with Gasteiger partial charge in [0, 0.05) is 32.7 Å². The van der Waals surface area contributed by atoms with Gasteiger partial charge in [-0.3, -0.25) is 4.90 Å². The molecular weight excluding hydrogens is 341 g/mol. The van der Waals surface area contributed by atoms with Gasteiger partial charge in [0.05, 0.1) is 11.2 Å². The highest BCUT2D eigenvalue weighted by atomic mass is 32.2. The van der Waals surface area contributed by atoms with E-state index in [1.165, 1.54) is 4.90 Å². The molecule has 1 aromatic rings. The number of nitrogens with zero attached hydrogens (tertiary/aromatic N) is 2. The van der Waals surface area contributed by atoms with Crippen molar-refractivity contribution in [1.82, 2.24) is 19.9 Å². The maximum atomic E-state index is 13.2. The van der Waals surface area contributed by atoms with Crippen LogP contribution in [0.25, 0.3) is 0 Å². The lowest BCUT2D eigenvalue weighted by Crippen LogP contribution is -2.57. The first kappa shape index (κ1) is 17.6. The molecule has 2 N–H and O–H groups in total. The third-order valence-electron chi connectivity index (χ3n) is 3.30. The van der Waals surface area contributed by atoms with Gasteiger partial charge in [-0.15, -0.1) is 11.3 Å². The molecule has 1 atom stereocenters. The number of hydrogen-bond donors (Lipinski definition) is 2. The monoisotopic (exact) mass is 358 g/mol. The average Bonchev–Trinajstić information content (AvgIpc) is 2.86. The van der Waals surface area contributed by atoms with E-state index in [0.29, 0.717) is 18.1 Å². The Hall–Kier alpha value is -0.750. The number of rotatable bonds is 5. The molecule has 1 unspecified atom stereocenters. The number of aryl methyl sites for hydroxylation is 1. The second-order valence-electron chi connectivity index (χ2n) is 4.89. The van der Waals surface area contributed by atoms with Crippen LogP contribution < -0.4 is 10.0 Å². The summed E-state index contributed by atoms with van der Waals surface area (Å²) >= 11 is 0.923. The predicted octanol–water partition coefficient (Wildman–Crippen LogP) is 0.566. The van der Waals surface area contributed by atoms with Gasteiger partial charge in [0.15, 0.2) is 4.21 Å². The van der Waals surface area contributed by atoms with E-state index in [-0.39, 0.29) is 17.3 Å². The van der Waals surface area contributed by atoms with Gasteiger partial charge in [0.2, 0.25) is 0 Å². The van der Waals surface area contributed by atoms with Crippen molar-refractivity contribution in [1.29, 1.82) is 0 Å². The molecule has 1 fully saturated rings. The minimum Gasteiger partial charge on any atom is -0.314 e. The molecule has 0 aliphatic carbocycles. The van der Waals surface area contributed by atoms with Gasteiger partial charge in [0.1, 0.15) is 6.04 Å². The predicted molar refractivity (Wildman–Crippen MR) is 76.3 cm³/mol. The molecule has 11 heteroatoms. The summed E-state index contributed by atoms with van der Waals surface area (Å²) in [6.07, 6.45) is -3.35. The molecule has 0 radical (unpaired) electrons. The summed E-state index contributed by atoms with van der Waals surface area (Å²) in [5.41, 5.74) is 0. The Labute approximate surface area is 130 Å². The van der Waals surface area contributed by atoms with Gasteiger partial charge in [0.25, 0.3) is 10.0 Å². The number of hydrogen-bond acceptors (Lipinski definition) is 6. The fourth-order valence-electron chi connectivity index (χ4n) is 2.17. The average molecular weight is 358 g/mol. The molecule has 1 aliphatic heterocycles. The zero-order valence-electron chi connectivity index (χ0n) is 11.9. The Bertz CT molecular complexity index is 597. The quantitative estimate of drug-likeness (QED) is 0.805. The van der Waals surface area contributed by atoms with Crippen LogP contribution in [-0.2, 0) is 10.0 Å². The van der Waals surface area contributed by atoms with Crippen LogP contribution in [0.4, 0.5) is 13.2 Å². The van der Waals surface area contributed by atoms with E-state index < -0.39 is 28.8 Å². The zero-order valence-corrected chi connectivity index (χ0v) is 13.5. The summed E-state index contributed by atoms with van der Waals surface area (Å²) in [7, 11) is -3.97. The van der Waals surface area contributed by atoms with E-state index in [4.69, 9.17) is 0 Å². The summed E-state index contributed by atoms with van der Waals surface area (Å²) in [6.45, 7) is 2.28. The van der Waals surface area contributed by atoms with Gasteiger partial charge in [-0.1, -0.05) is 0 Å². The number of aromatic nitrogens is 1. The van der Waals surface area contributed by atoms with Gasteiger partial charge in [-0.2, -0.15) is 13.2 Å². The highest BCUT2D eigenvalue weighted by Crippen LogP contribution is 2.25. The Kier molecular flexibility index (Phi) is 5.43. The number of halogens is 3. The van der Waals surface area contributed by atoms with E-state index >= 15 is 0 Å². The van der Waals surface area contributed by atoms with Gasteiger partial charge in [-0.05, 0) is 6.92 Å². The molecule has 6 nitrogen and oxygen atoms in total. The minimum atomic E-state index is -4.50. The Balaban J connectivity index is 2.07. The molecule has 0 bridgehead atoms. The van der Waals surface area contributed by atoms with Crippen molar-refractivity contribution in [2.24, 2.45) is 0 Å². The highest BCUT2D eigenvalue weighted by molar-refractivity contribution is 7.91. The summed E-state index contributed by atoms with van der Waals surface area (Å²) in [5.74, 6) is 0. The Morgan fingerprint density at radius 3 is 2.59 bits per heavy atom. The van der Waals surface area contributed by atoms with E-state index in [1.807, 2.05) is 0 Å². The molecular formula is C11H17F3N4O2S2. The molecule has 0 aromatic carbocycles. The van der Waals surface area contributed by atoms with Crippen LogP contribution >= 0.6 is 11.3 Å². The molecule has 0 amide bonds. The van der Waals surface area contributed by atoms with Crippen LogP contribution in [0.1, 0.15) is 5.01 Å². The maximum absolute atomic E-state index is 13.2. The number of thiazole rings is 1. The first-order valence-corrected chi connectivity index (χ1v) is 8.94. The summed E-state index contributed by atoms with van der Waals surface area (Å²) in [5, 5.41) is 3.50. The summed E-state index contributed by atoms with van der Waals surface area (Å²) in [6, 6.07) is -1.83. The number of sulfonamides is 1. The van der Waals surface area contributed by atoms with E-state index in [1.54, 1.807) is 6.92 Å². The van der Waals surface area contributed by atoms with E-state index in [9.17, 15) is 21.6 Å². The van der Waals surface area contributed by atoms with Gasteiger partial charge in [-0.25, -0.2) is 18.1 Å². The topological polar surface area (TPSA) is 74.3 Å². The van der Waals surface area contributed by atoms with Gasteiger partial charge >= 0.3 is 6.18 Å². The van der Waals surface area contributed by atoms with Gasteiger partial charge < -0.3 is 5.32 Å². The number of nitrogens with one attached hydrogen (secondary N) is 2. The molecule has 1 aliphatic rings. The van der Waals surface area contributed by atoms with Crippen molar-refractivity contribution in [2.75, 3.05) is 32.7 Å². The first-order valence-electron chi connectivity index (χ1n) is 6.64. The molecule has 0 spiro atoms. The van der Waals surface area contributed by atoms with Crippen LogP contribution in [0.2, 0.25) is 0 Å². The number of alkyl halides is 3. The van der Waals surface area contributed by atoms with Crippen molar-refractivity contribution in [3.8, 4) is 0 Å². The smallest absolute Gasteiger partial charge is 0.314 e. The minimum absolute atomic E-state index is 0.0776. The van der Waals surface area contributed by atoms with E-state index in [0.717, 1.165) is 17.5 Å². The molecule has 2 heterocycles. The summed E-state index contributed by atoms with van der Waals surface area (Å²) in [4.78, 5) is 5.05. The highest BCUT2D eigenvalue weighted by Gasteiger charge is 2.44.